The monoisotopic (exact) mass is 330 g/mol. The van der Waals surface area contributed by atoms with Crippen molar-refractivity contribution in [1.82, 2.24) is 10.9 Å². The average molecular weight is 330 g/mol. The van der Waals surface area contributed by atoms with E-state index in [4.69, 9.17) is 9.47 Å². The third-order valence-electron chi connectivity index (χ3n) is 3.22. The third kappa shape index (κ3) is 3.51. The molecule has 7 heteroatoms. The Labute approximate surface area is 136 Å². The van der Waals surface area contributed by atoms with Gasteiger partial charge in [0.15, 0.2) is 11.5 Å². The molecule has 1 aliphatic heterocycles. The molecule has 2 amide bonds. The highest BCUT2D eigenvalue weighted by Crippen LogP contribution is 2.32. The zero-order valence-corrected chi connectivity index (χ0v) is 13.1. The molecule has 1 aliphatic rings. The second kappa shape index (κ2) is 6.53. The highest BCUT2D eigenvalue weighted by molar-refractivity contribution is 7.11. The second-order valence-corrected chi connectivity index (χ2v) is 5.76. The molecular formula is C16H14N2O4S. The third-order valence-corrected chi connectivity index (χ3v) is 4.21. The number of hydrazine groups is 1. The van der Waals surface area contributed by atoms with Crippen LogP contribution in [0.15, 0.2) is 35.7 Å². The molecule has 0 atom stereocenters. The van der Waals surface area contributed by atoms with E-state index in [9.17, 15) is 9.59 Å². The van der Waals surface area contributed by atoms with Gasteiger partial charge in [-0.3, -0.25) is 20.4 Å². The van der Waals surface area contributed by atoms with Crippen molar-refractivity contribution in [1.29, 1.82) is 0 Å². The number of thiophene rings is 1. The molecule has 0 spiro atoms. The van der Waals surface area contributed by atoms with Crippen molar-refractivity contribution in [3.8, 4) is 11.5 Å². The number of rotatable bonds is 3. The topological polar surface area (TPSA) is 76.7 Å². The normalized spacial score (nSPS) is 12.4. The molecule has 0 saturated heterocycles. The first kappa shape index (κ1) is 15.1. The van der Waals surface area contributed by atoms with Crippen LogP contribution in [0.4, 0.5) is 0 Å². The van der Waals surface area contributed by atoms with E-state index in [1.165, 1.54) is 6.08 Å². The van der Waals surface area contributed by atoms with Gasteiger partial charge in [0, 0.05) is 16.5 Å². The fourth-order valence-corrected chi connectivity index (χ4v) is 2.80. The molecular weight excluding hydrogens is 316 g/mol. The Bertz CT molecular complexity index is 782. The number of aryl methyl sites for hydroxylation is 1. The molecule has 23 heavy (non-hydrogen) atoms. The van der Waals surface area contributed by atoms with Crippen LogP contribution in [0.3, 0.4) is 0 Å². The van der Waals surface area contributed by atoms with Gasteiger partial charge in [-0.15, -0.1) is 11.3 Å². The van der Waals surface area contributed by atoms with Crippen LogP contribution >= 0.6 is 11.3 Å². The molecule has 0 radical (unpaired) electrons. The van der Waals surface area contributed by atoms with E-state index < -0.39 is 11.8 Å². The zero-order chi connectivity index (χ0) is 16.2. The molecule has 2 aromatic rings. The van der Waals surface area contributed by atoms with Crippen LogP contribution in [-0.4, -0.2) is 18.6 Å². The van der Waals surface area contributed by atoms with Gasteiger partial charge in [0.25, 0.3) is 11.8 Å². The molecule has 1 aromatic heterocycles. The Morgan fingerprint density at radius 1 is 1.17 bits per heavy atom. The minimum absolute atomic E-state index is 0.143. The Morgan fingerprint density at radius 3 is 2.78 bits per heavy atom. The molecule has 3 rings (SSSR count). The quantitative estimate of drug-likeness (QED) is 0.668. The van der Waals surface area contributed by atoms with Crippen LogP contribution in [0.25, 0.3) is 6.08 Å². The van der Waals surface area contributed by atoms with E-state index in [0.717, 1.165) is 10.4 Å². The molecule has 6 nitrogen and oxygen atoms in total. The standard InChI is InChI=1S/C16H14N2O4S/c1-10-6-7-23-14(10)4-5-15(19)17-18-16(20)11-2-3-12-13(8-11)22-9-21-12/h2-8H,9H2,1H3,(H,17,19)(H,18,20)/b5-4+. The van der Waals surface area contributed by atoms with E-state index in [1.807, 2.05) is 18.4 Å². The number of hydrogen-bond donors (Lipinski definition) is 2. The predicted molar refractivity (Wildman–Crippen MR) is 86.3 cm³/mol. The van der Waals surface area contributed by atoms with Crippen LogP contribution in [0.5, 0.6) is 11.5 Å². The summed E-state index contributed by atoms with van der Waals surface area (Å²) in [5.41, 5.74) is 6.16. The van der Waals surface area contributed by atoms with Crippen molar-refractivity contribution in [3.63, 3.8) is 0 Å². The first-order valence-corrected chi connectivity index (χ1v) is 7.73. The molecule has 0 bridgehead atoms. The minimum atomic E-state index is -0.433. The maximum Gasteiger partial charge on any atom is 0.269 e. The van der Waals surface area contributed by atoms with Gasteiger partial charge >= 0.3 is 0 Å². The number of carbonyl (C=O) groups excluding carboxylic acids is 2. The summed E-state index contributed by atoms with van der Waals surface area (Å²) in [7, 11) is 0. The molecule has 0 fully saturated rings. The maximum atomic E-state index is 12.0. The number of nitrogens with one attached hydrogen (secondary N) is 2. The molecule has 118 valence electrons. The van der Waals surface area contributed by atoms with Gasteiger partial charge in [-0.25, -0.2) is 0 Å². The first-order valence-electron chi connectivity index (χ1n) is 6.85. The predicted octanol–water partition coefficient (Wildman–Crippen LogP) is 2.26. The van der Waals surface area contributed by atoms with E-state index >= 15 is 0 Å². The Balaban J connectivity index is 1.55. The summed E-state index contributed by atoms with van der Waals surface area (Å²) >= 11 is 1.54. The van der Waals surface area contributed by atoms with Crippen LogP contribution in [0, 0.1) is 6.92 Å². The van der Waals surface area contributed by atoms with E-state index in [2.05, 4.69) is 10.9 Å². The number of amides is 2. The highest BCUT2D eigenvalue weighted by Gasteiger charge is 2.16. The summed E-state index contributed by atoms with van der Waals surface area (Å²) in [6.45, 7) is 2.11. The summed E-state index contributed by atoms with van der Waals surface area (Å²) in [5, 5.41) is 1.95. The fourth-order valence-electron chi connectivity index (χ4n) is 1.98. The van der Waals surface area contributed by atoms with Crippen LogP contribution in [0.1, 0.15) is 20.8 Å². The zero-order valence-electron chi connectivity index (χ0n) is 12.3. The Hall–Kier alpha value is -2.80. The van der Waals surface area contributed by atoms with Gasteiger partial charge < -0.3 is 9.47 Å². The van der Waals surface area contributed by atoms with Crippen molar-refractivity contribution in [2.45, 2.75) is 6.92 Å². The van der Waals surface area contributed by atoms with Gasteiger partial charge in [-0.05, 0) is 48.2 Å². The fraction of sp³-hybridized carbons (Fsp3) is 0.125. The lowest BCUT2D eigenvalue weighted by Gasteiger charge is -2.06. The summed E-state index contributed by atoms with van der Waals surface area (Å²) in [4.78, 5) is 24.7. The van der Waals surface area contributed by atoms with Crippen molar-refractivity contribution >= 4 is 29.2 Å². The summed E-state index contributed by atoms with van der Waals surface area (Å²) in [6.07, 6.45) is 3.08. The molecule has 1 aromatic carbocycles. The van der Waals surface area contributed by atoms with E-state index in [0.29, 0.717) is 17.1 Å². The summed E-state index contributed by atoms with van der Waals surface area (Å²) < 4.78 is 10.4. The van der Waals surface area contributed by atoms with Crippen molar-refractivity contribution in [3.05, 3.63) is 51.7 Å². The van der Waals surface area contributed by atoms with Gasteiger partial charge in [0.05, 0.1) is 0 Å². The summed E-state index contributed by atoms with van der Waals surface area (Å²) in [5.74, 6) is 0.265. The smallest absolute Gasteiger partial charge is 0.269 e. The Kier molecular flexibility index (Phi) is 4.29. The van der Waals surface area contributed by atoms with Gasteiger partial charge in [-0.1, -0.05) is 0 Å². The number of hydrogen-bond acceptors (Lipinski definition) is 5. The number of ether oxygens (including phenoxy) is 2. The minimum Gasteiger partial charge on any atom is -0.454 e. The lowest BCUT2D eigenvalue weighted by atomic mass is 10.2. The van der Waals surface area contributed by atoms with Crippen LogP contribution < -0.4 is 20.3 Å². The van der Waals surface area contributed by atoms with Gasteiger partial charge in [0.2, 0.25) is 6.79 Å². The molecule has 2 N–H and O–H groups in total. The van der Waals surface area contributed by atoms with Crippen LogP contribution in [-0.2, 0) is 4.79 Å². The van der Waals surface area contributed by atoms with E-state index in [1.54, 1.807) is 35.6 Å². The van der Waals surface area contributed by atoms with Gasteiger partial charge in [-0.2, -0.15) is 0 Å². The SMILES string of the molecule is Cc1ccsc1/C=C/C(=O)NNC(=O)c1ccc2c(c1)OCO2. The average Bonchev–Trinajstić information content (AvgIpc) is 3.18. The largest absolute Gasteiger partial charge is 0.454 e. The van der Waals surface area contributed by atoms with Crippen molar-refractivity contribution < 1.29 is 19.1 Å². The number of fused-ring (bicyclic) bond motifs is 1. The second-order valence-electron chi connectivity index (χ2n) is 4.81. The highest BCUT2D eigenvalue weighted by atomic mass is 32.1. The lowest BCUT2D eigenvalue weighted by molar-refractivity contribution is -0.117. The van der Waals surface area contributed by atoms with Gasteiger partial charge in [0.1, 0.15) is 0 Å². The molecule has 2 heterocycles. The van der Waals surface area contributed by atoms with Crippen molar-refractivity contribution in [2.24, 2.45) is 0 Å². The summed E-state index contributed by atoms with van der Waals surface area (Å²) in [6, 6.07) is 6.79. The lowest BCUT2D eigenvalue weighted by Crippen LogP contribution is -2.40. The van der Waals surface area contributed by atoms with E-state index in [-0.39, 0.29) is 6.79 Å². The number of carbonyl (C=O) groups is 2. The van der Waals surface area contributed by atoms with Crippen molar-refractivity contribution in [2.75, 3.05) is 6.79 Å². The molecule has 0 unspecified atom stereocenters. The molecule has 0 aliphatic carbocycles. The molecule has 0 saturated carbocycles. The first-order chi connectivity index (χ1) is 11.1. The Morgan fingerprint density at radius 2 is 2.00 bits per heavy atom. The maximum absolute atomic E-state index is 12.0. The van der Waals surface area contributed by atoms with Crippen LogP contribution in [0.2, 0.25) is 0 Å². The number of benzene rings is 1.